The van der Waals surface area contributed by atoms with Crippen molar-refractivity contribution in [2.24, 2.45) is 0 Å². The van der Waals surface area contributed by atoms with Crippen LogP contribution >= 0.6 is 0 Å². The molecule has 1 aromatic carbocycles. The van der Waals surface area contributed by atoms with Crippen molar-refractivity contribution in [1.82, 2.24) is 10.3 Å². The second-order valence-electron chi connectivity index (χ2n) is 4.53. The summed E-state index contributed by atoms with van der Waals surface area (Å²) in [6.07, 6.45) is 1.48. The topological polar surface area (TPSA) is 41.3 Å². The van der Waals surface area contributed by atoms with Crippen molar-refractivity contribution in [3.05, 3.63) is 24.6 Å². The number of aromatic nitrogens is 1. The molecule has 0 aliphatic heterocycles. The molecular weight excluding hydrogens is 214 g/mol. The molecule has 0 aliphatic carbocycles. The highest BCUT2D eigenvalue weighted by Crippen LogP contribution is 2.20. The number of hydrogen-bond donors (Lipinski definition) is 1. The van der Waals surface area contributed by atoms with E-state index >= 15 is 0 Å². The third-order valence-corrected chi connectivity index (χ3v) is 2.76. The molecule has 1 heterocycles. The van der Waals surface area contributed by atoms with Crippen molar-refractivity contribution in [1.29, 1.82) is 0 Å². The molecule has 0 unspecified atom stereocenters. The van der Waals surface area contributed by atoms with Crippen LogP contribution in [0.4, 0.5) is 5.69 Å². The summed E-state index contributed by atoms with van der Waals surface area (Å²) in [4.78, 5) is 6.31. The fourth-order valence-electron chi connectivity index (χ4n) is 1.73. The van der Waals surface area contributed by atoms with Crippen LogP contribution in [0.15, 0.2) is 29.0 Å². The minimum Gasteiger partial charge on any atom is -0.443 e. The predicted molar refractivity (Wildman–Crippen MR) is 70.4 cm³/mol. The van der Waals surface area contributed by atoms with E-state index in [9.17, 15) is 0 Å². The quantitative estimate of drug-likeness (QED) is 0.860. The standard InChI is InChI=1S/C13H19N3O/c1-10(2)14-6-7-16(3)11-4-5-12-13(8-11)17-9-15-12/h4-5,8-10,14H,6-7H2,1-3H3. The Hall–Kier alpha value is -1.55. The van der Waals surface area contributed by atoms with E-state index in [4.69, 9.17) is 4.42 Å². The first-order valence-corrected chi connectivity index (χ1v) is 5.94. The van der Waals surface area contributed by atoms with Gasteiger partial charge in [0.1, 0.15) is 5.52 Å². The van der Waals surface area contributed by atoms with Crippen LogP contribution in [0.5, 0.6) is 0 Å². The minimum absolute atomic E-state index is 0.528. The molecule has 0 radical (unpaired) electrons. The zero-order chi connectivity index (χ0) is 12.3. The van der Waals surface area contributed by atoms with Crippen molar-refractivity contribution < 1.29 is 4.42 Å². The molecule has 0 atom stereocenters. The maximum atomic E-state index is 5.30. The molecule has 0 spiro atoms. The first kappa shape index (κ1) is 11.9. The Balaban J connectivity index is 2.00. The molecular formula is C13H19N3O. The molecule has 1 aromatic heterocycles. The zero-order valence-electron chi connectivity index (χ0n) is 10.6. The number of hydrogen-bond acceptors (Lipinski definition) is 4. The van der Waals surface area contributed by atoms with Gasteiger partial charge in [-0.15, -0.1) is 0 Å². The van der Waals surface area contributed by atoms with Crippen molar-refractivity contribution in [2.75, 3.05) is 25.0 Å². The highest BCUT2D eigenvalue weighted by Gasteiger charge is 2.04. The van der Waals surface area contributed by atoms with Gasteiger partial charge in [-0.3, -0.25) is 0 Å². The van der Waals surface area contributed by atoms with Crippen molar-refractivity contribution >= 4 is 16.8 Å². The number of fused-ring (bicyclic) bond motifs is 1. The Morgan fingerprint density at radius 3 is 3.00 bits per heavy atom. The highest BCUT2D eigenvalue weighted by molar-refractivity contribution is 5.76. The van der Waals surface area contributed by atoms with E-state index in [1.807, 2.05) is 12.1 Å². The lowest BCUT2D eigenvalue weighted by Crippen LogP contribution is -2.32. The van der Waals surface area contributed by atoms with E-state index < -0.39 is 0 Å². The largest absolute Gasteiger partial charge is 0.443 e. The summed E-state index contributed by atoms with van der Waals surface area (Å²) < 4.78 is 5.30. The number of nitrogens with one attached hydrogen (secondary N) is 1. The minimum atomic E-state index is 0.528. The van der Waals surface area contributed by atoms with Crippen LogP contribution in [0.25, 0.3) is 11.1 Å². The molecule has 0 bridgehead atoms. The van der Waals surface area contributed by atoms with E-state index in [2.05, 4.69) is 42.2 Å². The Labute approximate surface area is 102 Å². The van der Waals surface area contributed by atoms with Gasteiger partial charge in [0.25, 0.3) is 0 Å². The monoisotopic (exact) mass is 233 g/mol. The zero-order valence-corrected chi connectivity index (χ0v) is 10.6. The van der Waals surface area contributed by atoms with Crippen LogP contribution in [0.2, 0.25) is 0 Å². The van der Waals surface area contributed by atoms with Gasteiger partial charge in [-0.25, -0.2) is 4.98 Å². The molecule has 0 fully saturated rings. The van der Waals surface area contributed by atoms with Crippen molar-refractivity contribution in [3.8, 4) is 0 Å². The maximum Gasteiger partial charge on any atom is 0.181 e. The van der Waals surface area contributed by atoms with Gasteiger partial charge >= 0.3 is 0 Å². The van der Waals surface area contributed by atoms with E-state index in [0.29, 0.717) is 6.04 Å². The molecule has 92 valence electrons. The molecule has 4 nitrogen and oxygen atoms in total. The molecule has 17 heavy (non-hydrogen) atoms. The van der Waals surface area contributed by atoms with Crippen LogP contribution in [-0.4, -0.2) is 31.2 Å². The van der Waals surface area contributed by atoms with E-state index in [1.54, 1.807) is 0 Å². The van der Waals surface area contributed by atoms with Gasteiger partial charge in [-0.05, 0) is 12.1 Å². The fraction of sp³-hybridized carbons (Fsp3) is 0.462. The summed E-state index contributed by atoms with van der Waals surface area (Å²) in [5.41, 5.74) is 2.90. The van der Waals surface area contributed by atoms with Crippen LogP contribution < -0.4 is 10.2 Å². The van der Waals surface area contributed by atoms with Gasteiger partial charge in [-0.1, -0.05) is 13.8 Å². The van der Waals surface area contributed by atoms with Gasteiger partial charge < -0.3 is 14.6 Å². The maximum absolute atomic E-state index is 5.30. The third-order valence-electron chi connectivity index (χ3n) is 2.76. The van der Waals surface area contributed by atoms with Crippen molar-refractivity contribution in [3.63, 3.8) is 0 Å². The van der Waals surface area contributed by atoms with E-state index in [1.165, 1.54) is 6.39 Å². The first-order chi connectivity index (χ1) is 8.16. The van der Waals surface area contributed by atoms with Gasteiger partial charge in [0.2, 0.25) is 0 Å². The normalized spacial score (nSPS) is 11.3. The number of anilines is 1. The van der Waals surface area contributed by atoms with Gasteiger partial charge in [0, 0.05) is 37.9 Å². The average molecular weight is 233 g/mol. The summed E-state index contributed by atoms with van der Waals surface area (Å²) in [6, 6.07) is 6.61. The summed E-state index contributed by atoms with van der Waals surface area (Å²) in [5.74, 6) is 0. The second-order valence-corrected chi connectivity index (χ2v) is 4.53. The molecule has 0 aliphatic rings. The molecule has 0 amide bonds. The molecule has 2 aromatic rings. The van der Waals surface area contributed by atoms with Crippen LogP contribution in [0.1, 0.15) is 13.8 Å². The van der Waals surface area contributed by atoms with E-state index in [0.717, 1.165) is 29.9 Å². The fourth-order valence-corrected chi connectivity index (χ4v) is 1.73. The Kier molecular flexibility index (Phi) is 3.64. The molecule has 1 N–H and O–H groups in total. The Bertz CT molecular complexity index is 478. The van der Waals surface area contributed by atoms with E-state index in [-0.39, 0.29) is 0 Å². The lowest BCUT2D eigenvalue weighted by Gasteiger charge is -2.20. The number of oxazole rings is 1. The smallest absolute Gasteiger partial charge is 0.181 e. The highest BCUT2D eigenvalue weighted by atomic mass is 16.3. The number of nitrogens with zero attached hydrogens (tertiary/aromatic N) is 2. The summed E-state index contributed by atoms with van der Waals surface area (Å²) in [6.45, 7) is 6.25. The number of likely N-dealkylation sites (N-methyl/N-ethyl adjacent to an activating group) is 1. The molecule has 0 saturated heterocycles. The first-order valence-electron chi connectivity index (χ1n) is 5.94. The summed E-state index contributed by atoms with van der Waals surface area (Å²) in [5, 5.41) is 3.40. The van der Waals surface area contributed by atoms with Crippen LogP contribution in [0.3, 0.4) is 0 Å². The van der Waals surface area contributed by atoms with Crippen molar-refractivity contribution in [2.45, 2.75) is 19.9 Å². The molecule has 2 rings (SSSR count). The van der Waals surface area contributed by atoms with Crippen LogP contribution in [0, 0.1) is 0 Å². The summed E-state index contributed by atoms with van der Waals surface area (Å²) >= 11 is 0. The molecule has 0 saturated carbocycles. The second kappa shape index (κ2) is 5.19. The van der Waals surface area contributed by atoms with Gasteiger partial charge in [-0.2, -0.15) is 0 Å². The lowest BCUT2D eigenvalue weighted by molar-refractivity contribution is 0.588. The summed E-state index contributed by atoms with van der Waals surface area (Å²) in [7, 11) is 2.08. The van der Waals surface area contributed by atoms with Crippen LogP contribution in [-0.2, 0) is 0 Å². The SMILES string of the molecule is CC(C)NCCN(C)c1ccc2ncoc2c1. The lowest BCUT2D eigenvalue weighted by atomic mass is 10.2. The van der Waals surface area contributed by atoms with Gasteiger partial charge in [0.05, 0.1) is 0 Å². The predicted octanol–water partition coefficient (Wildman–Crippen LogP) is 2.26. The van der Waals surface area contributed by atoms with Gasteiger partial charge in [0.15, 0.2) is 12.0 Å². The number of rotatable bonds is 5. The Morgan fingerprint density at radius 2 is 2.24 bits per heavy atom. The number of benzene rings is 1. The Morgan fingerprint density at radius 1 is 1.41 bits per heavy atom. The third kappa shape index (κ3) is 2.97. The average Bonchev–Trinajstić information content (AvgIpc) is 2.75. The molecule has 4 heteroatoms.